The van der Waals surface area contributed by atoms with E-state index in [1.807, 2.05) is 0 Å². The molecule has 0 aliphatic heterocycles. The van der Waals surface area contributed by atoms with Gasteiger partial charge in [0.2, 0.25) is 5.95 Å². The van der Waals surface area contributed by atoms with Gasteiger partial charge < -0.3 is 18.8 Å². The summed E-state index contributed by atoms with van der Waals surface area (Å²) in [6.45, 7) is 5.27. The highest BCUT2D eigenvalue weighted by Crippen LogP contribution is 2.30. The van der Waals surface area contributed by atoms with Gasteiger partial charge in [-0.25, -0.2) is 14.8 Å². The van der Waals surface area contributed by atoms with Crippen LogP contribution in [-0.4, -0.2) is 44.2 Å². The zero-order chi connectivity index (χ0) is 23.0. The standard InChI is InChI=1S/C22H22N4O5S/c1-12-23-10-16(31-12)17-7-8-18(32-17)19(27)25-21-24-14-9-13(20(28)30-4)5-6-15(14)26(21)11-22(2,3)29/h5-10,29H,11H2,1-4H3,(H,24,25,27). The van der Waals surface area contributed by atoms with Crippen LogP contribution in [0.3, 0.4) is 0 Å². The van der Waals surface area contributed by atoms with Gasteiger partial charge in [0.1, 0.15) is 0 Å². The smallest absolute Gasteiger partial charge is 0.337 e. The Morgan fingerprint density at radius 1 is 1.28 bits per heavy atom. The van der Waals surface area contributed by atoms with Gasteiger partial charge in [-0.1, -0.05) is 0 Å². The summed E-state index contributed by atoms with van der Waals surface area (Å²) >= 11 is 1.27. The van der Waals surface area contributed by atoms with E-state index >= 15 is 0 Å². The Kier molecular flexibility index (Phi) is 5.57. The second kappa shape index (κ2) is 8.21. The summed E-state index contributed by atoms with van der Waals surface area (Å²) in [5.41, 5.74) is 0.445. The van der Waals surface area contributed by atoms with Crippen molar-refractivity contribution >= 4 is 40.2 Å². The minimum Gasteiger partial charge on any atom is -0.465 e. The first-order valence-electron chi connectivity index (χ1n) is 9.79. The molecule has 1 amide bonds. The molecule has 0 aliphatic carbocycles. The molecule has 166 valence electrons. The van der Waals surface area contributed by atoms with Gasteiger partial charge in [-0.3, -0.25) is 10.1 Å². The van der Waals surface area contributed by atoms with Crippen LogP contribution >= 0.6 is 11.3 Å². The van der Waals surface area contributed by atoms with Gasteiger partial charge in [0.15, 0.2) is 11.7 Å². The number of benzene rings is 1. The monoisotopic (exact) mass is 454 g/mol. The van der Waals surface area contributed by atoms with E-state index < -0.39 is 11.6 Å². The summed E-state index contributed by atoms with van der Waals surface area (Å²) in [7, 11) is 1.31. The molecule has 0 atom stereocenters. The lowest BCUT2D eigenvalue weighted by molar-refractivity contribution is 0.0598. The second-order valence-electron chi connectivity index (χ2n) is 7.89. The van der Waals surface area contributed by atoms with Crippen molar-refractivity contribution in [2.45, 2.75) is 32.9 Å². The normalized spacial score (nSPS) is 11.7. The van der Waals surface area contributed by atoms with Gasteiger partial charge in [-0.2, -0.15) is 0 Å². The maximum Gasteiger partial charge on any atom is 0.337 e. The van der Waals surface area contributed by atoms with Gasteiger partial charge in [0.25, 0.3) is 5.91 Å². The maximum atomic E-state index is 12.9. The number of nitrogens with one attached hydrogen (secondary N) is 1. The number of aromatic nitrogens is 3. The number of thiophene rings is 1. The summed E-state index contributed by atoms with van der Waals surface area (Å²) in [6.07, 6.45) is 1.62. The zero-order valence-corrected chi connectivity index (χ0v) is 18.8. The lowest BCUT2D eigenvalue weighted by atomic mass is 10.1. The number of ether oxygens (including phenoxy) is 1. The van der Waals surface area contributed by atoms with E-state index in [4.69, 9.17) is 9.15 Å². The summed E-state index contributed by atoms with van der Waals surface area (Å²) in [5.74, 6) is 0.572. The number of rotatable bonds is 6. The number of carbonyl (C=O) groups is 2. The number of hydrogen-bond acceptors (Lipinski definition) is 8. The Balaban J connectivity index is 1.67. The first-order chi connectivity index (χ1) is 15.1. The predicted molar refractivity (Wildman–Crippen MR) is 120 cm³/mol. The molecule has 0 radical (unpaired) electrons. The van der Waals surface area contributed by atoms with Gasteiger partial charge in [0, 0.05) is 6.92 Å². The zero-order valence-electron chi connectivity index (χ0n) is 18.0. The number of oxazole rings is 1. The number of fused-ring (bicyclic) bond motifs is 1. The molecular formula is C22H22N4O5S. The number of hydrogen-bond donors (Lipinski definition) is 2. The van der Waals surface area contributed by atoms with Crippen LogP contribution < -0.4 is 5.32 Å². The number of aryl methyl sites for hydroxylation is 1. The quantitative estimate of drug-likeness (QED) is 0.424. The minimum atomic E-state index is -1.06. The van der Waals surface area contributed by atoms with E-state index in [9.17, 15) is 14.7 Å². The molecule has 10 heteroatoms. The number of imidazole rings is 1. The van der Waals surface area contributed by atoms with E-state index in [-0.39, 0.29) is 18.4 Å². The number of anilines is 1. The SMILES string of the molecule is COC(=O)c1ccc2c(c1)nc(NC(=O)c1ccc(-c3cnc(C)o3)s1)n2CC(C)(C)O. The van der Waals surface area contributed by atoms with Crippen LogP contribution in [0, 0.1) is 6.92 Å². The molecule has 0 unspecified atom stereocenters. The first-order valence-corrected chi connectivity index (χ1v) is 10.6. The van der Waals surface area contributed by atoms with Crippen LogP contribution in [0.2, 0.25) is 0 Å². The predicted octanol–water partition coefficient (Wildman–Crippen LogP) is 3.87. The lowest BCUT2D eigenvalue weighted by Crippen LogP contribution is -2.27. The molecule has 1 aromatic carbocycles. The molecule has 2 N–H and O–H groups in total. The topological polar surface area (TPSA) is 119 Å². The van der Waals surface area contributed by atoms with Crippen LogP contribution in [0.4, 0.5) is 5.95 Å². The summed E-state index contributed by atoms with van der Waals surface area (Å²) < 4.78 is 12.0. The maximum absolute atomic E-state index is 12.9. The highest BCUT2D eigenvalue weighted by Gasteiger charge is 2.22. The molecule has 32 heavy (non-hydrogen) atoms. The van der Waals surface area contributed by atoms with Gasteiger partial charge in [-0.05, 0) is 44.2 Å². The number of methoxy groups -OCH3 is 1. The third-order valence-electron chi connectivity index (χ3n) is 4.63. The van der Waals surface area contributed by atoms with Crippen molar-refractivity contribution in [3.63, 3.8) is 0 Å². The van der Waals surface area contributed by atoms with Gasteiger partial charge >= 0.3 is 5.97 Å². The fraction of sp³-hybridized carbons (Fsp3) is 0.273. The molecule has 0 saturated carbocycles. The van der Waals surface area contributed by atoms with Crippen molar-refractivity contribution in [3.05, 3.63) is 52.9 Å². The van der Waals surface area contributed by atoms with E-state index in [0.29, 0.717) is 33.1 Å². The molecule has 9 nitrogen and oxygen atoms in total. The Labute approximate surface area is 187 Å². The van der Waals surface area contributed by atoms with Crippen LogP contribution in [-0.2, 0) is 11.3 Å². The molecule has 4 rings (SSSR count). The van der Waals surface area contributed by atoms with Crippen LogP contribution in [0.25, 0.3) is 21.7 Å². The molecule has 3 heterocycles. The van der Waals surface area contributed by atoms with Crippen molar-refractivity contribution in [3.8, 4) is 10.6 Å². The highest BCUT2D eigenvalue weighted by molar-refractivity contribution is 7.17. The molecular weight excluding hydrogens is 432 g/mol. The number of nitrogens with zero attached hydrogens (tertiary/aromatic N) is 3. The van der Waals surface area contributed by atoms with Crippen molar-refractivity contribution in [2.24, 2.45) is 0 Å². The number of esters is 1. The average molecular weight is 455 g/mol. The fourth-order valence-electron chi connectivity index (χ4n) is 3.25. The van der Waals surface area contributed by atoms with E-state index in [2.05, 4.69) is 15.3 Å². The Morgan fingerprint density at radius 2 is 2.06 bits per heavy atom. The average Bonchev–Trinajstić information content (AvgIpc) is 3.45. The lowest BCUT2D eigenvalue weighted by Gasteiger charge is -2.20. The van der Waals surface area contributed by atoms with Crippen molar-refractivity contribution in [1.82, 2.24) is 14.5 Å². The summed E-state index contributed by atoms with van der Waals surface area (Å²) in [5, 5.41) is 13.2. The third kappa shape index (κ3) is 4.41. The van der Waals surface area contributed by atoms with Gasteiger partial charge in [0.05, 0.1) is 51.8 Å². The minimum absolute atomic E-state index is 0.184. The molecule has 0 spiro atoms. The summed E-state index contributed by atoms with van der Waals surface area (Å²) in [6, 6.07) is 8.42. The van der Waals surface area contributed by atoms with E-state index in [0.717, 1.165) is 4.88 Å². The van der Waals surface area contributed by atoms with Crippen LogP contribution in [0.5, 0.6) is 0 Å². The third-order valence-corrected chi connectivity index (χ3v) is 5.73. The van der Waals surface area contributed by atoms with Crippen LogP contribution in [0.15, 0.2) is 40.9 Å². The van der Waals surface area contributed by atoms with E-state index in [1.54, 1.807) is 61.9 Å². The number of amides is 1. The molecule has 4 aromatic rings. The van der Waals surface area contributed by atoms with Gasteiger partial charge in [-0.15, -0.1) is 11.3 Å². The first kappa shape index (κ1) is 21.7. The number of aliphatic hydroxyl groups is 1. The van der Waals surface area contributed by atoms with Crippen molar-refractivity contribution in [1.29, 1.82) is 0 Å². The molecule has 0 bridgehead atoms. The van der Waals surface area contributed by atoms with Crippen LogP contribution in [0.1, 0.15) is 39.8 Å². The highest BCUT2D eigenvalue weighted by atomic mass is 32.1. The largest absolute Gasteiger partial charge is 0.465 e. The Hall–Kier alpha value is -3.50. The van der Waals surface area contributed by atoms with Crippen molar-refractivity contribution in [2.75, 3.05) is 12.4 Å². The molecule has 0 fully saturated rings. The Bertz CT molecular complexity index is 1310. The van der Waals surface area contributed by atoms with E-state index in [1.165, 1.54) is 18.4 Å². The molecule has 0 saturated heterocycles. The molecule has 0 aliphatic rings. The Morgan fingerprint density at radius 3 is 2.72 bits per heavy atom. The molecule has 3 aromatic heterocycles. The summed E-state index contributed by atoms with van der Waals surface area (Å²) in [4.78, 5) is 34.6. The fourth-order valence-corrected chi connectivity index (χ4v) is 4.10. The second-order valence-corrected chi connectivity index (χ2v) is 8.97. The number of carbonyl (C=O) groups excluding carboxylic acids is 2. The van der Waals surface area contributed by atoms with Crippen molar-refractivity contribution < 1.29 is 23.8 Å².